The van der Waals surface area contributed by atoms with E-state index in [9.17, 15) is 12.8 Å². The summed E-state index contributed by atoms with van der Waals surface area (Å²) in [6, 6.07) is 11.4. The molecule has 158 valence electrons. The summed E-state index contributed by atoms with van der Waals surface area (Å²) >= 11 is 0. The van der Waals surface area contributed by atoms with E-state index in [2.05, 4.69) is 11.8 Å². The van der Waals surface area contributed by atoms with Crippen molar-refractivity contribution in [3.63, 3.8) is 0 Å². The highest BCUT2D eigenvalue weighted by molar-refractivity contribution is 7.89. The lowest BCUT2D eigenvalue weighted by molar-refractivity contribution is 0.304. The summed E-state index contributed by atoms with van der Waals surface area (Å²) in [5.74, 6) is 0.462. The van der Waals surface area contributed by atoms with E-state index in [-0.39, 0.29) is 5.82 Å². The molecule has 29 heavy (non-hydrogen) atoms. The van der Waals surface area contributed by atoms with Crippen LogP contribution in [0, 0.1) is 12.7 Å². The van der Waals surface area contributed by atoms with Crippen molar-refractivity contribution in [3.8, 4) is 5.75 Å². The summed E-state index contributed by atoms with van der Waals surface area (Å²) in [6.07, 6.45) is 3.25. The molecule has 0 amide bonds. The van der Waals surface area contributed by atoms with E-state index >= 15 is 0 Å². The molecule has 2 aromatic carbocycles. The molecule has 3 rings (SSSR count). The van der Waals surface area contributed by atoms with Crippen molar-refractivity contribution < 1.29 is 17.5 Å². The first-order valence-electron chi connectivity index (χ1n) is 10.2. The molecule has 1 aliphatic heterocycles. The molecule has 7 heteroatoms. The first-order chi connectivity index (χ1) is 13.9. The van der Waals surface area contributed by atoms with Crippen LogP contribution in [0.5, 0.6) is 5.75 Å². The van der Waals surface area contributed by atoms with E-state index in [1.54, 1.807) is 30.3 Å². The lowest BCUT2D eigenvalue weighted by Crippen LogP contribution is -2.48. The largest absolute Gasteiger partial charge is 0.493 e. The van der Waals surface area contributed by atoms with Gasteiger partial charge in [0.15, 0.2) is 0 Å². The Hall–Kier alpha value is -2.12. The SMILES string of the molecule is CCCCCOc1ccc(S(=O)(=O)N2CCN(c3ccc(F)cc3)CC2)cc1C. The van der Waals surface area contributed by atoms with E-state index in [0.717, 1.165) is 36.3 Å². The van der Waals surface area contributed by atoms with Crippen LogP contribution in [0.4, 0.5) is 10.1 Å². The maximum absolute atomic E-state index is 13.1. The molecule has 1 saturated heterocycles. The molecule has 1 fully saturated rings. The molecule has 1 heterocycles. The topological polar surface area (TPSA) is 49.9 Å². The Morgan fingerprint density at radius 1 is 1.00 bits per heavy atom. The van der Waals surface area contributed by atoms with E-state index in [0.29, 0.717) is 37.7 Å². The monoisotopic (exact) mass is 420 g/mol. The Balaban J connectivity index is 1.63. The number of sulfonamides is 1. The highest BCUT2D eigenvalue weighted by Gasteiger charge is 2.29. The van der Waals surface area contributed by atoms with Crippen LogP contribution in [0.1, 0.15) is 31.7 Å². The molecular formula is C22H29FN2O3S. The van der Waals surface area contributed by atoms with Gasteiger partial charge in [-0.15, -0.1) is 0 Å². The number of rotatable bonds is 8. The van der Waals surface area contributed by atoms with Crippen LogP contribution in [0.2, 0.25) is 0 Å². The number of aryl methyl sites for hydroxylation is 1. The molecular weight excluding hydrogens is 391 g/mol. The van der Waals surface area contributed by atoms with E-state index in [1.165, 1.54) is 16.4 Å². The van der Waals surface area contributed by atoms with Crippen molar-refractivity contribution >= 4 is 15.7 Å². The summed E-state index contributed by atoms with van der Waals surface area (Å²) in [5, 5.41) is 0. The fraction of sp³-hybridized carbons (Fsp3) is 0.455. The van der Waals surface area contributed by atoms with Crippen molar-refractivity contribution in [3.05, 3.63) is 53.8 Å². The highest BCUT2D eigenvalue weighted by Crippen LogP contribution is 2.26. The average Bonchev–Trinajstić information content (AvgIpc) is 2.73. The summed E-state index contributed by atoms with van der Waals surface area (Å²) in [4.78, 5) is 2.37. The molecule has 0 radical (unpaired) electrons. The summed E-state index contributed by atoms with van der Waals surface area (Å²) in [6.45, 7) is 6.60. The molecule has 0 bridgehead atoms. The van der Waals surface area contributed by atoms with Gasteiger partial charge in [-0.05, 0) is 61.4 Å². The number of halogens is 1. The normalized spacial score (nSPS) is 15.5. The number of ether oxygens (including phenoxy) is 1. The van der Waals surface area contributed by atoms with Crippen LogP contribution < -0.4 is 9.64 Å². The second kappa shape index (κ2) is 9.59. The van der Waals surface area contributed by atoms with Gasteiger partial charge in [-0.3, -0.25) is 0 Å². The minimum atomic E-state index is -3.55. The number of hydrogen-bond acceptors (Lipinski definition) is 4. The number of unbranched alkanes of at least 4 members (excludes halogenated alkanes) is 2. The quantitative estimate of drug-likeness (QED) is 0.600. The molecule has 0 spiro atoms. The molecule has 1 aliphatic rings. The van der Waals surface area contributed by atoms with Gasteiger partial charge in [0, 0.05) is 31.9 Å². The van der Waals surface area contributed by atoms with Crippen molar-refractivity contribution in [1.82, 2.24) is 4.31 Å². The number of anilines is 1. The third-order valence-corrected chi connectivity index (χ3v) is 7.11. The third kappa shape index (κ3) is 5.28. The number of piperazine rings is 1. The zero-order valence-corrected chi connectivity index (χ0v) is 17.9. The van der Waals surface area contributed by atoms with Crippen LogP contribution in [0.3, 0.4) is 0 Å². The zero-order chi connectivity index (χ0) is 20.9. The average molecular weight is 421 g/mol. The molecule has 0 N–H and O–H groups in total. The summed E-state index contributed by atoms with van der Waals surface area (Å²) < 4.78 is 46.5. The van der Waals surface area contributed by atoms with Gasteiger partial charge in [0.25, 0.3) is 0 Å². The van der Waals surface area contributed by atoms with Crippen molar-refractivity contribution in [2.24, 2.45) is 0 Å². The summed E-state index contributed by atoms with van der Waals surface area (Å²) in [7, 11) is -3.55. The fourth-order valence-corrected chi connectivity index (χ4v) is 4.97. The van der Waals surface area contributed by atoms with Crippen LogP contribution in [-0.2, 0) is 10.0 Å². The van der Waals surface area contributed by atoms with Crippen LogP contribution in [0.25, 0.3) is 0 Å². The Morgan fingerprint density at radius 2 is 1.69 bits per heavy atom. The van der Waals surface area contributed by atoms with Gasteiger partial charge < -0.3 is 9.64 Å². The molecule has 0 atom stereocenters. The lowest BCUT2D eigenvalue weighted by Gasteiger charge is -2.35. The third-order valence-electron chi connectivity index (χ3n) is 5.22. The molecule has 0 aromatic heterocycles. The molecule has 0 saturated carbocycles. The van der Waals surface area contributed by atoms with Gasteiger partial charge in [0.2, 0.25) is 10.0 Å². The number of benzene rings is 2. The predicted octanol–water partition coefficient (Wildman–Crippen LogP) is 4.21. The van der Waals surface area contributed by atoms with Crippen LogP contribution in [-0.4, -0.2) is 45.5 Å². The Morgan fingerprint density at radius 3 is 2.31 bits per heavy atom. The summed E-state index contributed by atoms with van der Waals surface area (Å²) in [5.41, 5.74) is 1.73. The Labute approximate surface area is 173 Å². The smallest absolute Gasteiger partial charge is 0.243 e. The molecule has 0 unspecified atom stereocenters. The lowest BCUT2D eigenvalue weighted by atomic mass is 10.2. The number of hydrogen-bond donors (Lipinski definition) is 0. The predicted molar refractivity (Wildman–Crippen MR) is 114 cm³/mol. The van der Waals surface area contributed by atoms with E-state index < -0.39 is 10.0 Å². The second-order valence-corrected chi connectivity index (χ2v) is 9.29. The van der Waals surface area contributed by atoms with Gasteiger partial charge in [0.1, 0.15) is 11.6 Å². The van der Waals surface area contributed by atoms with Gasteiger partial charge in [0.05, 0.1) is 11.5 Å². The first-order valence-corrected chi connectivity index (χ1v) is 11.6. The van der Waals surface area contributed by atoms with E-state index in [4.69, 9.17) is 4.74 Å². The van der Waals surface area contributed by atoms with Crippen molar-refractivity contribution in [1.29, 1.82) is 0 Å². The van der Waals surface area contributed by atoms with Gasteiger partial charge in [-0.25, -0.2) is 12.8 Å². The van der Waals surface area contributed by atoms with E-state index in [1.807, 2.05) is 6.92 Å². The Kier molecular flexibility index (Phi) is 7.14. The van der Waals surface area contributed by atoms with Crippen LogP contribution >= 0.6 is 0 Å². The maximum Gasteiger partial charge on any atom is 0.243 e. The maximum atomic E-state index is 13.1. The van der Waals surface area contributed by atoms with Crippen molar-refractivity contribution in [2.75, 3.05) is 37.7 Å². The molecule has 2 aromatic rings. The number of nitrogens with zero attached hydrogens (tertiary/aromatic N) is 2. The first kappa shape index (κ1) is 21.6. The zero-order valence-electron chi connectivity index (χ0n) is 17.1. The minimum absolute atomic E-state index is 0.275. The minimum Gasteiger partial charge on any atom is -0.493 e. The highest BCUT2D eigenvalue weighted by atomic mass is 32.2. The Bertz CT molecular complexity index is 908. The molecule has 0 aliphatic carbocycles. The molecule has 5 nitrogen and oxygen atoms in total. The second-order valence-electron chi connectivity index (χ2n) is 7.35. The van der Waals surface area contributed by atoms with Gasteiger partial charge in [-0.1, -0.05) is 19.8 Å². The van der Waals surface area contributed by atoms with Crippen LogP contribution in [0.15, 0.2) is 47.4 Å². The fourth-order valence-electron chi connectivity index (χ4n) is 3.47. The standard InChI is InChI=1S/C22H29FN2O3S/c1-3-4-5-16-28-22-11-10-21(17-18(22)2)29(26,27)25-14-12-24(13-15-25)20-8-6-19(23)7-9-20/h6-11,17H,3-5,12-16H2,1-2H3. The van der Waals surface area contributed by atoms with Crippen molar-refractivity contribution in [2.45, 2.75) is 38.0 Å². The van der Waals surface area contributed by atoms with Gasteiger partial charge >= 0.3 is 0 Å². The van der Waals surface area contributed by atoms with Gasteiger partial charge in [-0.2, -0.15) is 4.31 Å².